The van der Waals surface area contributed by atoms with Gasteiger partial charge in [0.1, 0.15) is 42.4 Å². The minimum atomic E-state index is -5.75. The second-order valence-electron chi connectivity index (χ2n) is 38.7. The van der Waals surface area contributed by atoms with Gasteiger partial charge in [-0.2, -0.15) is 8.78 Å². The van der Waals surface area contributed by atoms with Crippen LogP contribution < -0.4 is 14.2 Å². The molecule has 5 unspecified atom stereocenters. The van der Waals surface area contributed by atoms with Gasteiger partial charge in [0.25, 0.3) is 0 Å². The first-order valence-electron chi connectivity index (χ1n) is 49.8. The van der Waals surface area contributed by atoms with Crippen LogP contribution in [0.4, 0.5) is 17.6 Å². The van der Waals surface area contributed by atoms with Crippen LogP contribution >= 0.6 is 0 Å². The van der Waals surface area contributed by atoms with Crippen LogP contribution in [0.25, 0.3) is 0 Å². The normalized spacial score (nSPS) is 12.5. The first kappa shape index (κ1) is 122. The topological polar surface area (TPSA) is 243 Å². The van der Waals surface area contributed by atoms with Crippen molar-refractivity contribution < 1.29 is 96.1 Å². The van der Waals surface area contributed by atoms with E-state index in [0.29, 0.717) is 80.9 Å². The number of phenols is 1. The van der Waals surface area contributed by atoms with Crippen molar-refractivity contribution in [3.05, 3.63) is 396 Å². The van der Waals surface area contributed by atoms with E-state index in [1.165, 1.54) is 64.8 Å². The Morgan fingerprint density at radius 3 is 1.01 bits per heavy atom. The zero-order valence-electron chi connectivity index (χ0n) is 87.9. The number of carbonyl (C=O) groups excluding carboxylic acids is 2. The molecule has 0 aromatic heterocycles. The van der Waals surface area contributed by atoms with Crippen molar-refractivity contribution >= 4 is 54.0 Å². The van der Waals surface area contributed by atoms with Crippen molar-refractivity contribution in [3.8, 4) is 23.0 Å². The molecule has 1 N–H and O–H groups in total. The number of esters is 2. The molecule has 5 atom stereocenters. The number of phenolic OH excluding ortho intramolecular Hbond substituents is 1. The first-order chi connectivity index (χ1) is 69.9. The van der Waals surface area contributed by atoms with Crippen molar-refractivity contribution in [1.82, 2.24) is 0 Å². The number of hydrogen-bond acceptors (Lipinski definition) is 17. The monoisotopic (exact) mass is 2090 g/mol. The maximum Gasteiger partial charge on any atom is 0.313 e. The maximum atomic E-state index is 13.8. The van der Waals surface area contributed by atoms with E-state index in [1.54, 1.807) is 24.3 Å². The molecule has 0 saturated heterocycles. The molecular weight excluding hydrogens is 1940 g/mol. The maximum absolute atomic E-state index is 13.8. The summed E-state index contributed by atoms with van der Waals surface area (Å²) in [5.41, 5.74) is 5.93. The van der Waals surface area contributed by atoms with Crippen molar-refractivity contribution in [2.45, 2.75) is 259 Å². The number of ether oxygens (including phenoxy) is 8. The lowest BCUT2D eigenvalue weighted by Gasteiger charge is -2.34. The molecule has 0 aliphatic heterocycles. The molecule has 0 spiro atoms. The van der Waals surface area contributed by atoms with E-state index in [0.717, 1.165) is 54.4 Å². The van der Waals surface area contributed by atoms with E-state index in [-0.39, 0.29) is 69.1 Å². The first-order valence-corrected chi connectivity index (χ1v) is 55.0. The van der Waals surface area contributed by atoms with Crippen LogP contribution in [0.3, 0.4) is 0 Å². The fourth-order valence-electron chi connectivity index (χ4n) is 13.4. The molecule has 0 heterocycles. The van der Waals surface area contributed by atoms with Gasteiger partial charge in [0.2, 0.25) is 24.2 Å². The molecule has 13 rings (SSSR count). The summed E-state index contributed by atoms with van der Waals surface area (Å²) in [7, 11) is -10.2. The quantitative estimate of drug-likeness (QED) is 0.00714. The zero-order valence-corrected chi connectivity index (χ0v) is 91.2. The fraction of sp³-hybridized carbons (Fsp3) is 0.344. The standard InChI is InChI=1S/C21H26O3.C20H26O5S.C19H20F4O5S.2C18H15S.C16H32O3.C10H14O/c1-4-21(2,3)20(22)24-19(15-17-11-7-5-8-12-17)23-16-18-13-9-6-10-14-18;1-3-16(2)18-7-5-17(6-8-18)15-24-13-4-14-25-19-9-11-20(12-10-19)26(21,22)23;1-3-11(2)12-5-7-13(8-6-12)27-9-4-10-28-18-14(20)16(22)19(29(24,25)26)17(23)15(18)21;2*1-4-10-16(11-5-1)19(17-12-6-2-7-13-17)18-14-8-3-9-15-18;1-10-16(8,9)12(17)19-13(15(5,6)7)18-11-14(2,3)4;1-3-8(2)9-4-6-10(11)7-5-9/h5-14,19H,4,15-16H2,1-3H3;5-12,16H,3-4,13-15H2,1-2H3,(H,21,22,23);5-8,11H,3-4,9-10H2,1-2H3,(H,24,25,26);2*1-15H;13H,10-11H2,1-9H3;4-8,11H,3H2,1-2H3/q;;;2*+1;;/p-2. The van der Waals surface area contributed by atoms with Crippen molar-refractivity contribution in [2.24, 2.45) is 21.7 Å². The van der Waals surface area contributed by atoms with Crippen molar-refractivity contribution in [3.63, 3.8) is 0 Å². The van der Waals surface area contributed by atoms with Crippen LogP contribution in [0.2, 0.25) is 0 Å². The van der Waals surface area contributed by atoms with Crippen LogP contribution in [-0.4, -0.2) is 88.6 Å². The summed E-state index contributed by atoms with van der Waals surface area (Å²) in [6, 6.07) is 113. The van der Waals surface area contributed by atoms with Gasteiger partial charge in [-0.15, -0.1) is 0 Å². The van der Waals surface area contributed by atoms with Gasteiger partial charge in [-0.1, -0.05) is 315 Å². The third kappa shape index (κ3) is 42.7. The average molecular weight is 2090 g/mol. The highest BCUT2D eigenvalue weighted by Gasteiger charge is 2.38. The molecule has 0 aliphatic rings. The molecule has 13 aromatic carbocycles. The Kier molecular flexibility index (Phi) is 51.3. The summed E-state index contributed by atoms with van der Waals surface area (Å²) in [5, 5.41) is 9.01. The smallest absolute Gasteiger partial charge is 0.313 e. The molecule has 0 aliphatic carbocycles. The van der Waals surface area contributed by atoms with E-state index in [4.69, 9.17) is 43.0 Å². The third-order valence-electron chi connectivity index (χ3n) is 23.7. The zero-order chi connectivity index (χ0) is 108. The van der Waals surface area contributed by atoms with Gasteiger partial charge in [-0.3, -0.25) is 9.59 Å². The van der Waals surface area contributed by atoms with E-state index in [2.05, 4.69) is 269 Å². The summed E-state index contributed by atoms with van der Waals surface area (Å²) in [5.74, 6) is -7.69. The Balaban J connectivity index is 0.000000235. The van der Waals surface area contributed by atoms with E-state index in [9.17, 15) is 53.1 Å². The highest BCUT2D eigenvalue weighted by molar-refractivity contribution is 7.97. The van der Waals surface area contributed by atoms with Gasteiger partial charge in [-0.05, 0) is 238 Å². The molecule has 0 saturated carbocycles. The summed E-state index contributed by atoms with van der Waals surface area (Å²) in [6.45, 7) is 39.1. The number of hydrogen-bond donors (Lipinski definition) is 1. The van der Waals surface area contributed by atoms with Gasteiger partial charge in [-0.25, -0.2) is 25.6 Å². The lowest BCUT2D eigenvalue weighted by Crippen LogP contribution is -2.39. The Labute approximate surface area is 876 Å². The lowest BCUT2D eigenvalue weighted by molar-refractivity contribution is -0.218. The van der Waals surface area contributed by atoms with E-state index >= 15 is 0 Å². The fourth-order valence-corrected chi connectivity index (χ4v) is 18.7. The molecule has 17 nitrogen and oxygen atoms in total. The highest BCUT2D eigenvalue weighted by atomic mass is 32.2. The Hall–Kier alpha value is -11.9. The van der Waals surface area contributed by atoms with Crippen LogP contribution in [0.1, 0.15) is 221 Å². The van der Waals surface area contributed by atoms with E-state index in [1.807, 2.05) is 147 Å². The number of carbonyl (C=O) groups is 2. The largest absolute Gasteiger partial charge is 0.744 e. The average Bonchev–Trinajstić information content (AvgIpc) is 0.772. The number of halogens is 4. The third-order valence-corrected chi connectivity index (χ3v) is 29.9. The Morgan fingerprint density at radius 2 is 0.673 bits per heavy atom. The predicted octanol–water partition coefficient (Wildman–Crippen LogP) is 30.2. The number of rotatable bonds is 40. The summed E-state index contributed by atoms with van der Waals surface area (Å²) < 4.78 is 164. The summed E-state index contributed by atoms with van der Waals surface area (Å²) in [6.07, 6.45) is 5.01. The minimum absolute atomic E-state index is 0.0146. The van der Waals surface area contributed by atoms with Crippen molar-refractivity contribution in [1.29, 1.82) is 0 Å². The molecule has 0 radical (unpaired) electrons. The molecule has 0 fully saturated rings. The lowest BCUT2D eigenvalue weighted by atomic mass is 9.90. The van der Waals surface area contributed by atoms with Crippen LogP contribution in [-0.2, 0) is 94.9 Å². The molecule has 147 heavy (non-hydrogen) atoms. The van der Waals surface area contributed by atoms with Gasteiger partial charge >= 0.3 is 11.9 Å². The Bertz CT molecular complexity index is 5850. The number of aromatic hydroxyl groups is 1. The second kappa shape index (κ2) is 61.8. The minimum Gasteiger partial charge on any atom is -0.744 e. The SMILES string of the molecule is CCC(C)(C)C(=O)OC(Cc1ccccc1)OCc1ccccc1.CCC(C)(C)C(=O)OC(OCC(C)(C)C)C(C)(C)C.CCC(C)c1ccc(COCCCOc2ccc(S(=O)(=O)[O-])cc2)cc1.CCC(C)c1ccc(O)cc1.CCC(C)c1ccc(OCCCOc2c(F)c(F)c(S(=O)(=O)[O-])c(F)c2F)cc1.c1ccc([S+](c2ccccc2)c2ccccc2)cc1.c1ccc([S+](c2ccccc2)c2ccccc2)cc1. The molecule has 13 aromatic rings. The van der Waals surface area contributed by atoms with Crippen molar-refractivity contribution in [2.75, 3.05) is 33.0 Å². The van der Waals surface area contributed by atoms with Gasteiger partial charge in [0.05, 0.1) is 83.8 Å². The van der Waals surface area contributed by atoms with Gasteiger partial charge < -0.3 is 52.1 Å². The van der Waals surface area contributed by atoms with Gasteiger partial charge in [0.15, 0.2) is 46.8 Å². The molecule has 0 bridgehead atoms. The molecule has 25 heteroatoms. The Morgan fingerprint density at radius 1 is 0.361 bits per heavy atom. The van der Waals surface area contributed by atoms with E-state index < -0.39 is 77.6 Å². The number of benzene rings is 13. The van der Waals surface area contributed by atoms with Crippen LogP contribution in [0, 0.1) is 44.9 Å². The molecular formula is C122H146F4O17S4. The highest BCUT2D eigenvalue weighted by Crippen LogP contribution is 2.38. The summed E-state index contributed by atoms with van der Waals surface area (Å²) >= 11 is 0. The van der Waals surface area contributed by atoms with Gasteiger partial charge in [0, 0.05) is 24.7 Å². The predicted molar refractivity (Wildman–Crippen MR) is 578 cm³/mol. The van der Waals surface area contributed by atoms with Crippen LogP contribution in [0.15, 0.2) is 379 Å². The second-order valence-corrected chi connectivity index (χ2v) is 45.4. The molecule has 0 amide bonds. The summed E-state index contributed by atoms with van der Waals surface area (Å²) in [4.78, 5) is 30.3. The molecule has 788 valence electrons. The van der Waals surface area contributed by atoms with Crippen LogP contribution in [0.5, 0.6) is 23.0 Å².